The lowest BCUT2D eigenvalue weighted by Crippen LogP contribution is -2.45. The van der Waals surface area contributed by atoms with Crippen molar-refractivity contribution in [1.82, 2.24) is 5.32 Å². The number of nitro benzene ring substituents is 1. The summed E-state index contributed by atoms with van der Waals surface area (Å²) >= 11 is 2.01. The Labute approximate surface area is 120 Å². The minimum Gasteiger partial charge on any atom is -0.380 e. The van der Waals surface area contributed by atoms with Gasteiger partial charge in [-0.3, -0.25) is 10.1 Å². The van der Waals surface area contributed by atoms with Gasteiger partial charge in [0.1, 0.15) is 0 Å². The highest BCUT2D eigenvalue weighted by Crippen LogP contribution is 2.28. The Morgan fingerprint density at radius 3 is 2.67 bits per heavy atom. The van der Waals surface area contributed by atoms with Crippen LogP contribution in [-0.2, 0) is 0 Å². The molecule has 2 rings (SSSR count). The molecule has 0 atom stereocenters. The minimum absolute atomic E-state index is 0.0739. The molecular weight excluding hydrogens is 345 g/mol. The van der Waals surface area contributed by atoms with Gasteiger partial charge in [0, 0.05) is 17.3 Å². The summed E-state index contributed by atoms with van der Waals surface area (Å²) in [5, 5.41) is 17.6. The lowest BCUT2D eigenvalue weighted by Gasteiger charge is -2.36. The Bertz CT molecular complexity index is 459. The van der Waals surface area contributed by atoms with Crippen molar-refractivity contribution in [2.24, 2.45) is 0 Å². The zero-order valence-corrected chi connectivity index (χ0v) is 12.4. The summed E-state index contributed by atoms with van der Waals surface area (Å²) in [7, 11) is 0. The molecule has 1 aliphatic heterocycles. The van der Waals surface area contributed by atoms with E-state index in [0.717, 1.165) is 31.6 Å². The number of rotatable bonds is 3. The molecule has 1 fully saturated rings. The van der Waals surface area contributed by atoms with Crippen LogP contribution in [0, 0.1) is 13.7 Å². The van der Waals surface area contributed by atoms with Crippen LogP contribution in [-0.4, -0.2) is 23.6 Å². The fraction of sp³-hybridized carbons (Fsp3) is 0.500. The molecule has 6 heteroatoms. The maximum Gasteiger partial charge on any atom is 0.282 e. The zero-order chi connectivity index (χ0) is 13.2. The quantitative estimate of drug-likeness (QED) is 0.494. The van der Waals surface area contributed by atoms with Crippen LogP contribution in [0.2, 0.25) is 0 Å². The van der Waals surface area contributed by atoms with Gasteiger partial charge in [0.25, 0.3) is 5.69 Å². The highest BCUT2D eigenvalue weighted by molar-refractivity contribution is 14.1. The molecule has 0 aliphatic carbocycles. The normalized spacial score (nSPS) is 18.3. The van der Waals surface area contributed by atoms with Crippen LogP contribution >= 0.6 is 22.6 Å². The monoisotopic (exact) mass is 361 g/mol. The predicted molar refractivity (Wildman–Crippen MR) is 79.9 cm³/mol. The summed E-state index contributed by atoms with van der Waals surface area (Å²) in [5.41, 5.74) is 1.19. The molecule has 0 amide bonds. The van der Waals surface area contributed by atoms with Crippen molar-refractivity contribution in [3.05, 3.63) is 31.9 Å². The number of nitrogens with one attached hydrogen (secondary N) is 2. The van der Waals surface area contributed by atoms with Crippen LogP contribution in [0.5, 0.6) is 0 Å². The molecule has 1 aromatic rings. The Hall–Kier alpha value is -0.890. The first-order valence-corrected chi connectivity index (χ1v) is 7.01. The van der Waals surface area contributed by atoms with Gasteiger partial charge in [0.05, 0.1) is 8.49 Å². The average molecular weight is 361 g/mol. The topological polar surface area (TPSA) is 67.2 Å². The molecule has 18 heavy (non-hydrogen) atoms. The van der Waals surface area contributed by atoms with Gasteiger partial charge in [0.15, 0.2) is 0 Å². The van der Waals surface area contributed by atoms with E-state index >= 15 is 0 Å². The highest BCUT2D eigenvalue weighted by atomic mass is 127. The average Bonchev–Trinajstić information content (AvgIpc) is 2.28. The van der Waals surface area contributed by atoms with Crippen LogP contribution in [0.25, 0.3) is 0 Å². The van der Waals surface area contributed by atoms with E-state index < -0.39 is 0 Å². The smallest absolute Gasteiger partial charge is 0.282 e. The van der Waals surface area contributed by atoms with E-state index in [2.05, 4.69) is 17.6 Å². The van der Waals surface area contributed by atoms with E-state index in [0.29, 0.717) is 3.57 Å². The van der Waals surface area contributed by atoms with E-state index in [1.165, 1.54) is 0 Å². The first kappa shape index (κ1) is 13.5. The van der Waals surface area contributed by atoms with Gasteiger partial charge in [-0.25, -0.2) is 0 Å². The molecule has 0 bridgehead atoms. The zero-order valence-electron chi connectivity index (χ0n) is 10.2. The number of halogens is 1. The van der Waals surface area contributed by atoms with E-state index in [9.17, 15) is 10.1 Å². The molecule has 0 saturated carbocycles. The van der Waals surface area contributed by atoms with Crippen LogP contribution in [0.1, 0.15) is 19.8 Å². The molecule has 1 aromatic carbocycles. The van der Waals surface area contributed by atoms with Crippen LogP contribution in [0.3, 0.4) is 0 Å². The minimum atomic E-state index is -0.349. The van der Waals surface area contributed by atoms with Crippen LogP contribution in [0.4, 0.5) is 11.4 Å². The van der Waals surface area contributed by atoms with Crippen molar-refractivity contribution >= 4 is 34.0 Å². The Balaban J connectivity index is 2.14. The second-order valence-corrected chi connectivity index (χ2v) is 6.02. The van der Waals surface area contributed by atoms with Crippen molar-refractivity contribution in [3.63, 3.8) is 0 Å². The Morgan fingerprint density at radius 2 is 2.11 bits per heavy atom. The number of hydrogen-bond acceptors (Lipinski definition) is 4. The second-order valence-electron chi connectivity index (χ2n) is 4.86. The van der Waals surface area contributed by atoms with Crippen LogP contribution < -0.4 is 10.6 Å². The summed E-state index contributed by atoms with van der Waals surface area (Å²) in [4.78, 5) is 10.4. The first-order chi connectivity index (χ1) is 8.50. The van der Waals surface area contributed by atoms with Gasteiger partial charge in [-0.15, -0.1) is 0 Å². The molecule has 2 N–H and O–H groups in total. The van der Waals surface area contributed by atoms with E-state index in [4.69, 9.17) is 0 Å². The maximum absolute atomic E-state index is 10.8. The van der Waals surface area contributed by atoms with Crippen molar-refractivity contribution in [3.8, 4) is 0 Å². The molecule has 0 spiro atoms. The lowest BCUT2D eigenvalue weighted by molar-refractivity contribution is -0.385. The van der Waals surface area contributed by atoms with E-state index in [1.54, 1.807) is 12.1 Å². The third kappa shape index (κ3) is 3.11. The molecule has 1 saturated heterocycles. The third-order valence-electron chi connectivity index (χ3n) is 3.30. The largest absolute Gasteiger partial charge is 0.380 e. The third-order valence-corrected chi connectivity index (χ3v) is 4.16. The molecule has 0 unspecified atom stereocenters. The molecule has 0 aromatic heterocycles. The summed E-state index contributed by atoms with van der Waals surface area (Å²) in [5.74, 6) is 0. The SMILES string of the molecule is CC1(Nc2ccc([N+](=O)[O-])c(I)c2)CCNCC1. The van der Waals surface area contributed by atoms with E-state index in [-0.39, 0.29) is 16.1 Å². The molecule has 98 valence electrons. The molecule has 5 nitrogen and oxygen atoms in total. The summed E-state index contributed by atoms with van der Waals surface area (Å²) in [6, 6.07) is 5.19. The Morgan fingerprint density at radius 1 is 1.44 bits per heavy atom. The predicted octanol–water partition coefficient (Wildman–Crippen LogP) is 2.75. The van der Waals surface area contributed by atoms with Crippen molar-refractivity contribution in [2.75, 3.05) is 18.4 Å². The van der Waals surface area contributed by atoms with Crippen LogP contribution in [0.15, 0.2) is 18.2 Å². The van der Waals surface area contributed by atoms with Crippen molar-refractivity contribution < 1.29 is 4.92 Å². The summed E-state index contributed by atoms with van der Waals surface area (Å²) in [6.45, 7) is 4.21. The fourth-order valence-corrected chi connectivity index (χ4v) is 2.90. The van der Waals surface area contributed by atoms with Crippen molar-refractivity contribution in [2.45, 2.75) is 25.3 Å². The van der Waals surface area contributed by atoms with Gasteiger partial charge in [-0.1, -0.05) is 0 Å². The maximum atomic E-state index is 10.8. The number of anilines is 1. The highest BCUT2D eigenvalue weighted by Gasteiger charge is 2.26. The fourth-order valence-electron chi connectivity index (χ4n) is 2.18. The number of piperidine rings is 1. The summed E-state index contributed by atoms with van der Waals surface area (Å²) < 4.78 is 0.667. The first-order valence-electron chi connectivity index (χ1n) is 5.93. The number of nitro groups is 1. The van der Waals surface area contributed by atoms with E-state index in [1.807, 2.05) is 28.7 Å². The van der Waals surface area contributed by atoms with Gasteiger partial charge in [0.2, 0.25) is 0 Å². The number of hydrogen-bond donors (Lipinski definition) is 2. The number of nitrogens with zero attached hydrogens (tertiary/aromatic N) is 1. The van der Waals surface area contributed by atoms with Gasteiger partial charge < -0.3 is 10.6 Å². The molecular formula is C12H16IN3O2. The lowest BCUT2D eigenvalue weighted by atomic mass is 9.90. The van der Waals surface area contributed by atoms with Gasteiger partial charge in [-0.05, 0) is 67.6 Å². The second kappa shape index (κ2) is 5.40. The number of benzene rings is 1. The summed E-state index contributed by atoms with van der Waals surface area (Å²) in [6.07, 6.45) is 2.11. The molecule has 1 heterocycles. The Kier molecular flexibility index (Phi) is 4.06. The van der Waals surface area contributed by atoms with Crippen molar-refractivity contribution in [1.29, 1.82) is 0 Å². The molecule has 0 radical (unpaired) electrons. The van der Waals surface area contributed by atoms with Gasteiger partial charge in [-0.2, -0.15) is 0 Å². The molecule has 1 aliphatic rings. The standard InChI is InChI=1S/C12H16IN3O2/c1-12(4-6-14-7-5-12)15-9-2-3-11(16(17)18)10(13)8-9/h2-3,8,14-15H,4-7H2,1H3. The van der Waals surface area contributed by atoms with Gasteiger partial charge >= 0.3 is 0 Å².